The molecule has 0 aliphatic carbocycles. The second-order valence-electron chi connectivity index (χ2n) is 5.83. The molecule has 0 spiro atoms. The molecule has 1 fully saturated rings. The van der Waals surface area contributed by atoms with Crippen LogP contribution < -0.4 is 10.2 Å². The molecular formula is C18H26N2O4. The number of amides is 1. The van der Waals surface area contributed by atoms with Gasteiger partial charge in [0, 0.05) is 25.2 Å². The highest BCUT2D eigenvalue weighted by atomic mass is 16.5. The predicted molar refractivity (Wildman–Crippen MR) is 93.6 cm³/mol. The molecule has 0 aromatic heterocycles. The summed E-state index contributed by atoms with van der Waals surface area (Å²) in [5, 5.41) is 2.83. The number of unbranched alkanes of at least 4 members (excludes halogenated alkanes) is 2. The van der Waals surface area contributed by atoms with Gasteiger partial charge in [-0.1, -0.05) is 19.8 Å². The van der Waals surface area contributed by atoms with E-state index < -0.39 is 5.97 Å². The molecule has 0 saturated carbocycles. The SMILES string of the molecule is CCCCCC(=O)Nc1ccc(N2CCOCC2)cc1C(=O)OC. The fraction of sp³-hybridized carbons (Fsp3) is 0.556. The summed E-state index contributed by atoms with van der Waals surface area (Å²) in [6.45, 7) is 5.00. The number of nitrogens with one attached hydrogen (secondary N) is 1. The van der Waals surface area contributed by atoms with Crippen LogP contribution in [-0.4, -0.2) is 45.3 Å². The van der Waals surface area contributed by atoms with Gasteiger partial charge in [0.1, 0.15) is 0 Å². The van der Waals surface area contributed by atoms with Crippen LogP contribution in [0.3, 0.4) is 0 Å². The van der Waals surface area contributed by atoms with Crippen molar-refractivity contribution < 1.29 is 19.1 Å². The van der Waals surface area contributed by atoms with E-state index in [1.54, 1.807) is 12.1 Å². The second-order valence-corrected chi connectivity index (χ2v) is 5.83. The zero-order chi connectivity index (χ0) is 17.4. The summed E-state index contributed by atoms with van der Waals surface area (Å²) in [6, 6.07) is 5.47. The van der Waals surface area contributed by atoms with E-state index in [9.17, 15) is 9.59 Å². The van der Waals surface area contributed by atoms with E-state index in [1.807, 2.05) is 6.07 Å². The quantitative estimate of drug-likeness (QED) is 0.613. The van der Waals surface area contributed by atoms with Gasteiger partial charge in [-0.05, 0) is 24.6 Å². The molecule has 1 aromatic rings. The van der Waals surface area contributed by atoms with Gasteiger partial charge in [0.2, 0.25) is 5.91 Å². The molecule has 24 heavy (non-hydrogen) atoms. The lowest BCUT2D eigenvalue weighted by Gasteiger charge is -2.29. The van der Waals surface area contributed by atoms with Crippen molar-refractivity contribution in [3.8, 4) is 0 Å². The Morgan fingerprint density at radius 2 is 2.00 bits per heavy atom. The molecular weight excluding hydrogens is 308 g/mol. The first-order chi connectivity index (χ1) is 11.7. The lowest BCUT2D eigenvalue weighted by Crippen LogP contribution is -2.36. The largest absolute Gasteiger partial charge is 0.465 e. The van der Waals surface area contributed by atoms with Crippen molar-refractivity contribution in [3.63, 3.8) is 0 Å². The molecule has 1 aromatic carbocycles. The normalized spacial score (nSPS) is 14.3. The zero-order valence-electron chi connectivity index (χ0n) is 14.5. The van der Waals surface area contributed by atoms with E-state index in [2.05, 4.69) is 17.1 Å². The van der Waals surface area contributed by atoms with E-state index in [4.69, 9.17) is 9.47 Å². The van der Waals surface area contributed by atoms with Crippen molar-refractivity contribution in [3.05, 3.63) is 23.8 Å². The van der Waals surface area contributed by atoms with Gasteiger partial charge in [0.15, 0.2) is 0 Å². The monoisotopic (exact) mass is 334 g/mol. The number of carbonyl (C=O) groups excluding carboxylic acids is 2. The van der Waals surface area contributed by atoms with Crippen molar-refractivity contribution in [2.45, 2.75) is 32.6 Å². The lowest BCUT2D eigenvalue weighted by molar-refractivity contribution is -0.116. The highest BCUT2D eigenvalue weighted by Gasteiger charge is 2.18. The van der Waals surface area contributed by atoms with Crippen LogP contribution in [0.5, 0.6) is 0 Å². The molecule has 2 rings (SSSR count). The van der Waals surface area contributed by atoms with Crippen LogP contribution in [0.25, 0.3) is 0 Å². The minimum absolute atomic E-state index is 0.0762. The van der Waals surface area contributed by atoms with Crippen molar-refractivity contribution >= 4 is 23.3 Å². The van der Waals surface area contributed by atoms with Crippen LogP contribution in [0.15, 0.2) is 18.2 Å². The Morgan fingerprint density at radius 1 is 1.25 bits per heavy atom. The first kappa shape index (κ1) is 18.3. The Morgan fingerprint density at radius 3 is 2.67 bits per heavy atom. The Labute approximate surface area is 143 Å². The maximum Gasteiger partial charge on any atom is 0.340 e. The van der Waals surface area contributed by atoms with Crippen LogP contribution in [0.1, 0.15) is 43.0 Å². The van der Waals surface area contributed by atoms with E-state index >= 15 is 0 Å². The zero-order valence-corrected chi connectivity index (χ0v) is 14.5. The van der Waals surface area contributed by atoms with Gasteiger partial charge in [-0.15, -0.1) is 0 Å². The van der Waals surface area contributed by atoms with Crippen LogP contribution in [0.2, 0.25) is 0 Å². The van der Waals surface area contributed by atoms with Crippen LogP contribution in [0.4, 0.5) is 11.4 Å². The van der Waals surface area contributed by atoms with Crippen molar-refractivity contribution in [2.75, 3.05) is 43.6 Å². The molecule has 1 amide bonds. The van der Waals surface area contributed by atoms with Gasteiger partial charge in [-0.2, -0.15) is 0 Å². The van der Waals surface area contributed by atoms with Crippen LogP contribution >= 0.6 is 0 Å². The summed E-state index contributed by atoms with van der Waals surface area (Å²) >= 11 is 0. The first-order valence-electron chi connectivity index (χ1n) is 8.50. The maximum absolute atomic E-state index is 12.1. The molecule has 1 N–H and O–H groups in total. The van der Waals surface area contributed by atoms with Gasteiger partial charge >= 0.3 is 5.97 Å². The summed E-state index contributed by atoms with van der Waals surface area (Å²) < 4.78 is 10.2. The Balaban J connectivity index is 2.14. The average molecular weight is 334 g/mol. The highest BCUT2D eigenvalue weighted by Crippen LogP contribution is 2.25. The minimum Gasteiger partial charge on any atom is -0.465 e. The van der Waals surface area contributed by atoms with E-state index in [0.29, 0.717) is 30.9 Å². The van der Waals surface area contributed by atoms with Gasteiger partial charge in [0.05, 0.1) is 31.6 Å². The van der Waals surface area contributed by atoms with Gasteiger partial charge in [-0.25, -0.2) is 4.79 Å². The predicted octanol–water partition coefficient (Wildman–Crippen LogP) is 2.83. The van der Waals surface area contributed by atoms with E-state index in [1.165, 1.54) is 7.11 Å². The molecule has 132 valence electrons. The molecule has 1 aliphatic heterocycles. The fourth-order valence-corrected chi connectivity index (χ4v) is 2.69. The number of hydrogen-bond donors (Lipinski definition) is 1. The van der Waals surface area contributed by atoms with Crippen LogP contribution in [0, 0.1) is 0 Å². The summed E-state index contributed by atoms with van der Waals surface area (Å²) in [5.41, 5.74) is 1.81. The topological polar surface area (TPSA) is 67.9 Å². The molecule has 1 aliphatic rings. The summed E-state index contributed by atoms with van der Waals surface area (Å²) in [7, 11) is 1.34. The third kappa shape index (κ3) is 4.96. The average Bonchev–Trinajstić information content (AvgIpc) is 2.62. The minimum atomic E-state index is -0.450. The van der Waals surface area contributed by atoms with E-state index in [-0.39, 0.29) is 5.91 Å². The standard InChI is InChI=1S/C18H26N2O4/c1-3-4-5-6-17(21)19-16-8-7-14(13-15(16)18(22)23-2)20-9-11-24-12-10-20/h7-8,13H,3-6,9-12H2,1-2H3,(H,19,21). The molecule has 0 atom stereocenters. The number of esters is 1. The number of benzene rings is 1. The van der Waals surface area contributed by atoms with Crippen LogP contribution in [-0.2, 0) is 14.3 Å². The van der Waals surface area contributed by atoms with Crippen molar-refractivity contribution in [1.82, 2.24) is 0 Å². The number of carbonyl (C=O) groups is 2. The third-order valence-electron chi connectivity index (χ3n) is 4.07. The molecule has 1 heterocycles. The molecule has 6 nitrogen and oxygen atoms in total. The van der Waals surface area contributed by atoms with Gasteiger partial charge in [0.25, 0.3) is 0 Å². The molecule has 1 saturated heterocycles. The number of methoxy groups -OCH3 is 1. The fourth-order valence-electron chi connectivity index (χ4n) is 2.69. The second kappa shape index (κ2) is 9.27. The number of ether oxygens (including phenoxy) is 2. The summed E-state index contributed by atoms with van der Waals surface area (Å²) in [6.07, 6.45) is 3.39. The third-order valence-corrected chi connectivity index (χ3v) is 4.07. The molecule has 0 unspecified atom stereocenters. The van der Waals surface area contributed by atoms with Crippen molar-refractivity contribution in [1.29, 1.82) is 0 Å². The van der Waals surface area contributed by atoms with E-state index in [0.717, 1.165) is 38.0 Å². The smallest absolute Gasteiger partial charge is 0.340 e. The maximum atomic E-state index is 12.1. The summed E-state index contributed by atoms with van der Waals surface area (Å²) in [4.78, 5) is 26.3. The van der Waals surface area contributed by atoms with Crippen molar-refractivity contribution in [2.24, 2.45) is 0 Å². The number of anilines is 2. The summed E-state index contributed by atoms with van der Waals surface area (Å²) in [5.74, 6) is -0.526. The molecule has 0 bridgehead atoms. The van der Waals surface area contributed by atoms with Gasteiger partial charge < -0.3 is 19.7 Å². The Bertz CT molecular complexity index is 568. The Kier molecular flexibility index (Phi) is 7.06. The lowest BCUT2D eigenvalue weighted by atomic mass is 10.1. The molecule has 0 radical (unpaired) electrons. The van der Waals surface area contributed by atoms with Gasteiger partial charge in [-0.3, -0.25) is 4.79 Å². The number of nitrogens with zero attached hydrogens (tertiary/aromatic N) is 1. The number of morpholine rings is 1. The first-order valence-corrected chi connectivity index (χ1v) is 8.50. The number of hydrogen-bond acceptors (Lipinski definition) is 5. The molecule has 6 heteroatoms. The Hall–Kier alpha value is -2.08. The number of rotatable bonds is 7. The highest BCUT2D eigenvalue weighted by molar-refractivity contribution is 6.02.